The molecule has 2 aromatic carbocycles. The van der Waals surface area contributed by atoms with E-state index in [4.69, 9.17) is 0 Å². The largest absolute Gasteiger partial charge is 0.507 e. The third-order valence-corrected chi connectivity index (χ3v) is 3.77. The molecule has 0 unspecified atom stereocenters. The zero-order chi connectivity index (χ0) is 13.2. The fraction of sp³-hybridized carbons (Fsp3) is 0.133. The third kappa shape index (κ3) is 2.49. The predicted octanol–water partition coefficient (Wildman–Crippen LogP) is 3.59. The van der Waals surface area contributed by atoms with Crippen LogP contribution in [0.25, 0.3) is 0 Å². The second-order valence-corrected chi connectivity index (χ2v) is 5.43. The van der Waals surface area contributed by atoms with Crippen LogP contribution >= 0.6 is 15.9 Å². The lowest BCUT2D eigenvalue weighted by molar-refractivity contribution is 0.474. The highest BCUT2D eigenvalue weighted by atomic mass is 79.9. The number of halogens is 1. The number of rotatable bonds is 2. The van der Waals surface area contributed by atoms with Gasteiger partial charge in [-0.25, -0.2) is 0 Å². The molecule has 1 atom stereocenters. The summed E-state index contributed by atoms with van der Waals surface area (Å²) in [5.74, 6) is 0.277. The van der Waals surface area contributed by atoms with E-state index in [1.54, 1.807) is 6.07 Å². The van der Waals surface area contributed by atoms with Crippen molar-refractivity contribution in [2.45, 2.75) is 12.5 Å². The summed E-state index contributed by atoms with van der Waals surface area (Å²) in [5.41, 5.74) is 6.02. The second-order valence-electron chi connectivity index (χ2n) is 4.51. The number of nitrogens with one attached hydrogen (secondary N) is 1. The van der Waals surface area contributed by atoms with Gasteiger partial charge in [-0.2, -0.15) is 5.10 Å². The van der Waals surface area contributed by atoms with Crippen molar-refractivity contribution >= 4 is 21.6 Å². The topological polar surface area (TPSA) is 44.6 Å². The minimum absolute atomic E-state index is 0.169. The molecule has 0 aliphatic carbocycles. The van der Waals surface area contributed by atoms with Gasteiger partial charge in [0.15, 0.2) is 0 Å². The van der Waals surface area contributed by atoms with E-state index in [1.165, 1.54) is 5.56 Å². The van der Waals surface area contributed by atoms with Gasteiger partial charge in [-0.3, -0.25) is 0 Å². The van der Waals surface area contributed by atoms with E-state index in [-0.39, 0.29) is 11.8 Å². The zero-order valence-electron chi connectivity index (χ0n) is 10.2. The van der Waals surface area contributed by atoms with Gasteiger partial charge in [0.1, 0.15) is 5.75 Å². The van der Waals surface area contributed by atoms with Crippen LogP contribution in [0, 0.1) is 0 Å². The van der Waals surface area contributed by atoms with Gasteiger partial charge in [0.25, 0.3) is 0 Å². The average Bonchev–Trinajstić information content (AvgIpc) is 2.89. The van der Waals surface area contributed by atoms with Gasteiger partial charge in [0.2, 0.25) is 0 Å². The highest BCUT2D eigenvalue weighted by Crippen LogP contribution is 2.28. The van der Waals surface area contributed by atoms with E-state index in [0.29, 0.717) is 0 Å². The van der Waals surface area contributed by atoms with Gasteiger partial charge in [-0.1, -0.05) is 40.2 Å². The van der Waals surface area contributed by atoms with Gasteiger partial charge >= 0.3 is 0 Å². The van der Waals surface area contributed by atoms with Crippen LogP contribution in [-0.4, -0.2) is 10.8 Å². The number of aromatic hydroxyl groups is 1. The number of para-hydroxylation sites is 1. The van der Waals surface area contributed by atoms with Crippen LogP contribution in [0.5, 0.6) is 5.75 Å². The van der Waals surface area contributed by atoms with Crippen molar-refractivity contribution < 1.29 is 5.11 Å². The van der Waals surface area contributed by atoms with Crippen LogP contribution in [0.2, 0.25) is 0 Å². The monoisotopic (exact) mass is 316 g/mol. The Bertz CT molecular complexity index is 622. The number of benzene rings is 2. The van der Waals surface area contributed by atoms with Crippen LogP contribution in [0.4, 0.5) is 0 Å². The highest BCUT2D eigenvalue weighted by Gasteiger charge is 2.22. The van der Waals surface area contributed by atoms with Crippen molar-refractivity contribution in [3.05, 3.63) is 64.1 Å². The molecule has 1 heterocycles. The van der Waals surface area contributed by atoms with E-state index >= 15 is 0 Å². The summed E-state index contributed by atoms with van der Waals surface area (Å²) in [4.78, 5) is 0. The first-order valence-electron chi connectivity index (χ1n) is 6.10. The van der Waals surface area contributed by atoms with Gasteiger partial charge in [0, 0.05) is 16.5 Å². The first-order valence-corrected chi connectivity index (χ1v) is 6.89. The SMILES string of the molecule is Oc1ccccc1C1=NN[C@@H](c2ccc(Br)cc2)C1. The van der Waals surface area contributed by atoms with Crippen molar-refractivity contribution in [3.8, 4) is 5.75 Å². The average molecular weight is 317 g/mol. The minimum atomic E-state index is 0.169. The lowest BCUT2D eigenvalue weighted by Crippen LogP contribution is -2.09. The quantitative estimate of drug-likeness (QED) is 0.889. The summed E-state index contributed by atoms with van der Waals surface area (Å²) in [6.07, 6.45) is 0.777. The smallest absolute Gasteiger partial charge is 0.124 e. The highest BCUT2D eigenvalue weighted by molar-refractivity contribution is 9.10. The Labute approximate surface area is 120 Å². The maximum Gasteiger partial charge on any atom is 0.124 e. The van der Waals surface area contributed by atoms with E-state index < -0.39 is 0 Å². The molecular formula is C15H13BrN2O. The molecule has 2 N–H and O–H groups in total. The van der Waals surface area contributed by atoms with Crippen molar-refractivity contribution in [2.24, 2.45) is 5.10 Å². The van der Waals surface area contributed by atoms with Crippen LogP contribution < -0.4 is 5.43 Å². The van der Waals surface area contributed by atoms with Gasteiger partial charge in [0.05, 0.1) is 11.8 Å². The molecule has 0 saturated carbocycles. The van der Waals surface area contributed by atoms with Crippen LogP contribution in [0.3, 0.4) is 0 Å². The molecule has 19 heavy (non-hydrogen) atoms. The molecule has 0 spiro atoms. The molecule has 0 fully saturated rings. The fourth-order valence-corrected chi connectivity index (χ4v) is 2.48. The van der Waals surface area contributed by atoms with E-state index in [9.17, 15) is 5.11 Å². The molecule has 1 aliphatic rings. The maximum atomic E-state index is 9.85. The van der Waals surface area contributed by atoms with Crippen molar-refractivity contribution in [2.75, 3.05) is 0 Å². The fourth-order valence-electron chi connectivity index (χ4n) is 2.22. The molecule has 1 aliphatic heterocycles. The van der Waals surface area contributed by atoms with Gasteiger partial charge in [-0.15, -0.1) is 0 Å². The Kier molecular flexibility index (Phi) is 3.25. The number of hydrazone groups is 1. The molecule has 0 saturated heterocycles. The van der Waals surface area contributed by atoms with E-state index in [2.05, 4.69) is 38.6 Å². The normalized spacial score (nSPS) is 17.9. The van der Waals surface area contributed by atoms with Gasteiger partial charge < -0.3 is 10.5 Å². The molecule has 3 rings (SSSR count). The first kappa shape index (κ1) is 12.2. The molecule has 4 heteroatoms. The molecule has 3 nitrogen and oxygen atoms in total. The summed E-state index contributed by atoms with van der Waals surface area (Å²) >= 11 is 3.43. The number of nitrogens with zero attached hydrogens (tertiary/aromatic N) is 1. The Morgan fingerprint density at radius 2 is 1.84 bits per heavy atom. The summed E-state index contributed by atoms with van der Waals surface area (Å²) in [6, 6.07) is 15.7. The Balaban J connectivity index is 1.80. The zero-order valence-corrected chi connectivity index (χ0v) is 11.8. The molecule has 96 valence electrons. The standard InChI is InChI=1S/C15H13BrN2O/c16-11-7-5-10(6-8-11)13-9-14(18-17-13)12-3-1-2-4-15(12)19/h1-8,13,17,19H,9H2/t13-/m1/s1. The number of phenolic OH excluding ortho intramolecular Hbond substituents is 1. The Hall–Kier alpha value is -1.81. The van der Waals surface area contributed by atoms with E-state index in [1.807, 2.05) is 30.3 Å². The molecule has 0 radical (unpaired) electrons. The molecule has 0 aromatic heterocycles. The molecule has 2 aromatic rings. The maximum absolute atomic E-state index is 9.85. The summed E-state index contributed by atoms with van der Waals surface area (Å²) in [7, 11) is 0. The van der Waals surface area contributed by atoms with Crippen LogP contribution in [-0.2, 0) is 0 Å². The Morgan fingerprint density at radius 3 is 2.58 bits per heavy atom. The lowest BCUT2D eigenvalue weighted by Gasteiger charge is -2.10. The lowest BCUT2D eigenvalue weighted by atomic mass is 9.99. The van der Waals surface area contributed by atoms with Crippen molar-refractivity contribution in [1.29, 1.82) is 0 Å². The summed E-state index contributed by atoms with van der Waals surface area (Å²) in [5, 5.41) is 14.2. The second kappa shape index (κ2) is 5.05. The van der Waals surface area contributed by atoms with Gasteiger partial charge in [-0.05, 0) is 29.8 Å². The van der Waals surface area contributed by atoms with Crippen molar-refractivity contribution in [3.63, 3.8) is 0 Å². The minimum Gasteiger partial charge on any atom is -0.507 e. The Morgan fingerprint density at radius 1 is 1.11 bits per heavy atom. The molecular weight excluding hydrogens is 304 g/mol. The third-order valence-electron chi connectivity index (χ3n) is 3.24. The summed E-state index contributed by atoms with van der Waals surface area (Å²) < 4.78 is 1.07. The number of phenols is 1. The van der Waals surface area contributed by atoms with E-state index in [0.717, 1.165) is 22.2 Å². The first-order chi connectivity index (χ1) is 9.24. The molecule has 0 bridgehead atoms. The van der Waals surface area contributed by atoms with Crippen LogP contribution in [0.15, 0.2) is 58.1 Å². The molecule has 0 amide bonds. The number of hydrogen-bond donors (Lipinski definition) is 2. The summed E-state index contributed by atoms with van der Waals surface area (Å²) in [6.45, 7) is 0. The van der Waals surface area contributed by atoms with Crippen LogP contribution in [0.1, 0.15) is 23.6 Å². The van der Waals surface area contributed by atoms with Crippen molar-refractivity contribution in [1.82, 2.24) is 5.43 Å². The number of hydrogen-bond acceptors (Lipinski definition) is 3. The predicted molar refractivity (Wildman–Crippen MR) is 79.3 cm³/mol.